The molecule has 0 bridgehead atoms. The summed E-state index contributed by atoms with van der Waals surface area (Å²) in [6, 6.07) is 5.48. The molecule has 0 N–H and O–H groups in total. The van der Waals surface area contributed by atoms with Crippen molar-refractivity contribution in [1.82, 2.24) is 4.98 Å². The zero-order chi connectivity index (χ0) is 14.8. The van der Waals surface area contributed by atoms with Crippen molar-refractivity contribution in [3.8, 4) is 16.9 Å². The average molecular weight is 289 g/mol. The molecular formula is C13H8F5NO. The van der Waals surface area contributed by atoms with E-state index in [2.05, 4.69) is 9.72 Å². The van der Waals surface area contributed by atoms with Gasteiger partial charge in [0.05, 0.1) is 5.56 Å². The second-order valence-corrected chi connectivity index (χ2v) is 3.83. The third-order valence-corrected chi connectivity index (χ3v) is 2.50. The number of halogens is 5. The predicted octanol–water partition coefficient (Wildman–Crippen LogP) is 4.37. The molecule has 0 amide bonds. The first kappa shape index (κ1) is 14.2. The van der Waals surface area contributed by atoms with Gasteiger partial charge in [-0.25, -0.2) is 0 Å². The lowest BCUT2D eigenvalue weighted by atomic mass is 10.0. The molecule has 0 aliphatic heterocycles. The highest BCUT2D eigenvalue weighted by Gasteiger charge is 2.30. The Kier molecular flexibility index (Phi) is 3.87. The molecule has 2 nitrogen and oxygen atoms in total. The molecule has 0 saturated carbocycles. The molecule has 7 heteroatoms. The summed E-state index contributed by atoms with van der Waals surface area (Å²) in [5.41, 5.74) is -0.704. The molecule has 2 aromatic rings. The van der Waals surface area contributed by atoms with Crippen LogP contribution in [-0.4, -0.2) is 11.6 Å². The van der Waals surface area contributed by atoms with Gasteiger partial charge in [0.2, 0.25) is 0 Å². The van der Waals surface area contributed by atoms with Crippen LogP contribution in [0.15, 0.2) is 42.7 Å². The summed E-state index contributed by atoms with van der Waals surface area (Å²) in [4.78, 5) is 3.71. The molecule has 0 spiro atoms. The van der Waals surface area contributed by atoms with Crippen molar-refractivity contribution in [3.05, 3.63) is 48.3 Å². The van der Waals surface area contributed by atoms with Gasteiger partial charge >= 0.3 is 12.8 Å². The van der Waals surface area contributed by atoms with Crippen LogP contribution in [0.2, 0.25) is 0 Å². The first-order valence-electron chi connectivity index (χ1n) is 5.44. The Labute approximate surface area is 110 Å². The summed E-state index contributed by atoms with van der Waals surface area (Å²) < 4.78 is 66.7. The van der Waals surface area contributed by atoms with Gasteiger partial charge in [0.1, 0.15) is 5.75 Å². The highest BCUT2D eigenvalue weighted by atomic mass is 19.4. The minimum absolute atomic E-state index is 0.0684. The van der Waals surface area contributed by atoms with Gasteiger partial charge in [-0.1, -0.05) is 12.1 Å². The second kappa shape index (κ2) is 5.44. The molecule has 1 aromatic heterocycles. The summed E-state index contributed by atoms with van der Waals surface area (Å²) in [5, 5.41) is 0. The SMILES string of the molecule is FC(F)Oc1ccncc1-c1cccc(C(F)(F)F)c1. The van der Waals surface area contributed by atoms with Crippen LogP contribution in [0.4, 0.5) is 22.0 Å². The first-order valence-corrected chi connectivity index (χ1v) is 5.44. The number of pyridine rings is 1. The van der Waals surface area contributed by atoms with Crippen molar-refractivity contribution in [2.45, 2.75) is 12.8 Å². The van der Waals surface area contributed by atoms with Crippen molar-refractivity contribution in [2.75, 3.05) is 0 Å². The number of aromatic nitrogens is 1. The standard InChI is InChI=1S/C13H8F5NO/c14-12(15)20-11-4-5-19-7-10(11)8-2-1-3-9(6-8)13(16,17)18/h1-7,12H. The summed E-state index contributed by atoms with van der Waals surface area (Å²) in [7, 11) is 0. The molecule has 1 aromatic carbocycles. The molecule has 0 aliphatic carbocycles. The molecule has 0 radical (unpaired) electrons. The molecule has 1 heterocycles. The van der Waals surface area contributed by atoms with Gasteiger partial charge in [0, 0.05) is 18.0 Å². The van der Waals surface area contributed by atoms with Crippen LogP contribution in [0.1, 0.15) is 5.56 Å². The second-order valence-electron chi connectivity index (χ2n) is 3.83. The summed E-state index contributed by atoms with van der Waals surface area (Å²) in [6.07, 6.45) is -2.12. The number of nitrogens with zero attached hydrogens (tertiary/aromatic N) is 1. The molecule has 0 atom stereocenters. The van der Waals surface area contributed by atoms with Crippen LogP contribution in [0.5, 0.6) is 5.75 Å². The van der Waals surface area contributed by atoms with Gasteiger partial charge < -0.3 is 4.74 Å². The van der Waals surface area contributed by atoms with Gasteiger partial charge in [0.25, 0.3) is 0 Å². The van der Waals surface area contributed by atoms with E-state index in [1.807, 2.05) is 0 Å². The molecule has 0 saturated heterocycles. The van der Waals surface area contributed by atoms with Crippen LogP contribution < -0.4 is 4.74 Å². The van der Waals surface area contributed by atoms with Gasteiger partial charge in [-0.05, 0) is 23.8 Å². The van der Waals surface area contributed by atoms with Crippen molar-refractivity contribution in [2.24, 2.45) is 0 Å². The van der Waals surface area contributed by atoms with Gasteiger partial charge in [0.15, 0.2) is 0 Å². The largest absolute Gasteiger partial charge is 0.434 e. The van der Waals surface area contributed by atoms with Crippen molar-refractivity contribution in [3.63, 3.8) is 0 Å². The average Bonchev–Trinajstić information content (AvgIpc) is 2.38. The third kappa shape index (κ3) is 3.23. The minimum Gasteiger partial charge on any atom is -0.434 e. The smallest absolute Gasteiger partial charge is 0.416 e. The number of rotatable bonds is 3. The fourth-order valence-electron chi connectivity index (χ4n) is 1.66. The summed E-state index contributed by atoms with van der Waals surface area (Å²) in [5.74, 6) is -0.227. The van der Waals surface area contributed by atoms with Crippen LogP contribution in [0.25, 0.3) is 11.1 Å². The lowest BCUT2D eigenvalue weighted by Crippen LogP contribution is -2.05. The van der Waals surface area contributed by atoms with E-state index in [0.717, 1.165) is 12.1 Å². The van der Waals surface area contributed by atoms with E-state index in [9.17, 15) is 22.0 Å². The maximum atomic E-state index is 12.6. The lowest BCUT2D eigenvalue weighted by molar-refractivity contribution is -0.137. The molecular weight excluding hydrogens is 281 g/mol. The van der Waals surface area contributed by atoms with E-state index in [-0.39, 0.29) is 16.9 Å². The third-order valence-electron chi connectivity index (χ3n) is 2.50. The first-order chi connectivity index (χ1) is 9.38. The maximum absolute atomic E-state index is 12.6. The predicted molar refractivity (Wildman–Crippen MR) is 61.3 cm³/mol. The van der Waals surface area contributed by atoms with E-state index >= 15 is 0 Å². The minimum atomic E-state index is -4.51. The number of benzene rings is 1. The van der Waals surface area contributed by atoms with E-state index in [4.69, 9.17) is 0 Å². The van der Waals surface area contributed by atoms with E-state index < -0.39 is 18.4 Å². The Hall–Kier alpha value is -2.18. The number of hydrogen-bond acceptors (Lipinski definition) is 2. The zero-order valence-corrected chi connectivity index (χ0v) is 9.86. The van der Waals surface area contributed by atoms with Crippen molar-refractivity contribution in [1.29, 1.82) is 0 Å². The molecule has 0 aliphatic rings. The fraction of sp³-hybridized carbons (Fsp3) is 0.154. The Morgan fingerprint density at radius 3 is 2.50 bits per heavy atom. The van der Waals surface area contributed by atoms with Crippen LogP contribution in [0.3, 0.4) is 0 Å². The van der Waals surface area contributed by atoms with E-state index in [1.54, 1.807) is 0 Å². The molecule has 0 fully saturated rings. The van der Waals surface area contributed by atoms with Gasteiger partial charge in [-0.15, -0.1) is 0 Å². The number of ether oxygens (including phenoxy) is 1. The van der Waals surface area contributed by atoms with Gasteiger partial charge in [-0.2, -0.15) is 22.0 Å². The number of alkyl halides is 5. The Morgan fingerprint density at radius 2 is 1.85 bits per heavy atom. The highest BCUT2D eigenvalue weighted by Crippen LogP contribution is 2.35. The van der Waals surface area contributed by atoms with Crippen LogP contribution in [-0.2, 0) is 6.18 Å². The van der Waals surface area contributed by atoms with Crippen molar-refractivity contribution >= 4 is 0 Å². The Bertz CT molecular complexity index is 597. The molecule has 20 heavy (non-hydrogen) atoms. The normalized spacial score (nSPS) is 11.7. The quantitative estimate of drug-likeness (QED) is 0.783. The van der Waals surface area contributed by atoms with Crippen LogP contribution >= 0.6 is 0 Å². The van der Waals surface area contributed by atoms with Crippen molar-refractivity contribution < 1.29 is 26.7 Å². The summed E-state index contributed by atoms with van der Waals surface area (Å²) >= 11 is 0. The number of hydrogen-bond donors (Lipinski definition) is 0. The molecule has 2 rings (SSSR count). The molecule has 0 unspecified atom stereocenters. The topological polar surface area (TPSA) is 22.1 Å². The van der Waals surface area contributed by atoms with Gasteiger partial charge in [-0.3, -0.25) is 4.98 Å². The molecule has 106 valence electrons. The fourth-order valence-corrected chi connectivity index (χ4v) is 1.66. The van der Waals surface area contributed by atoms with E-state index in [0.29, 0.717) is 0 Å². The Balaban J connectivity index is 2.47. The highest BCUT2D eigenvalue weighted by molar-refractivity contribution is 5.70. The van der Waals surface area contributed by atoms with E-state index in [1.165, 1.54) is 30.6 Å². The monoisotopic (exact) mass is 289 g/mol. The summed E-state index contributed by atoms with van der Waals surface area (Å²) in [6.45, 7) is -3.07. The van der Waals surface area contributed by atoms with Crippen LogP contribution in [0, 0.1) is 0 Å². The lowest BCUT2D eigenvalue weighted by Gasteiger charge is -2.12. The maximum Gasteiger partial charge on any atom is 0.416 e. The Morgan fingerprint density at radius 1 is 1.10 bits per heavy atom. The zero-order valence-electron chi connectivity index (χ0n) is 9.86.